The smallest absolute Gasteiger partial charge is 0.224 e. The van der Waals surface area contributed by atoms with Gasteiger partial charge in [-0.25, -0.2) is 0 Å². The highest BCUT2D eigenvalue weighted by Crippen LogP contribution is 2.41. The Morgan fingerprint density at radius 3 is 0.973 bits per heavy atom. The molecule has 0 saturated heterocycles. The Bertz CT molecular complexity index is 914. The monoisotopic (exact) mass is 508 g/mol. The van der Waals surface area contributed by atoms with Crippen LogP contribution in [0.2, 0.25) is 0 Å². The van der Waals surface area contributed by atoms with E-state index in [4.69, 9.17) is 9.68 Å². The summed E-state index contributed by atoms with van der Waals surface area (Å²) >= 11 is 0. The summed E-state index contributed by atoms with van der Waals surface area (Å²) in [5, 5.41) is 1.36. The standard InChI is InChI=1S/C33H50NO3/c1-19(2)26-14-28(21(5)6)32(29(15-26)22(7)8)36-34(25(13)18-35)37-33-30(23(9)10)16-27(20(3)4)17-31(33)24(11)12/h14-17,19-25H,1-13H3. The van der Waals surface area contributed by atoms with E-state index in [1.165, 1.54) is 16.4 Å². The topological polar surface area (TPSA) is 38.8 Å². The van der Waals surface area contributed by atoms with Gasteiger partial charge in [0.25, 0.3) is 0 Å². The van der Waals surface area contributed by atoms with Gasteiger partial charge in [0, 0.05) is 27.5 Å². The van der Waals surface area contributed by atoms with Crippen molar-refractivity contribution < 1.29 is 14.5 Å². The fourth-order valence-corrected chi connectivity index (χ4v) is 4.39. The van der Waals surface area contributed by atoms with Gasteiger partial charge in [-0.05, 0) is 53.6 Å². The molecule has 0 amide bonds. The Hall–Kier alpha value is -2.33. The van der Waals surface area contributed by atoms with Crippen molar-refractivity contribution in [3.8, 4) is 11.5 Å². The molecule has 1 radical (unpaired) electrons. The van der Waals surface area contributed by atoms with Gasteiger partial charge in [0.05, 0.1) is 0 Å². The zero-order valence-corrected chi connectivity index (χ0v) is 25.5. The van der Waals surface area contributed by atoms with Crippen LogP contribution in [0, 0.1) is 0 Å². The molecular weight excluding hydrogens is 458 g/mol. The van der Waals surface area contributed by atoms with Crippen molar-refractivity contribution in [2.24, 2.45) is 0 Å². The van der Waals surface area contributed by atoms with Crippen LogP contribution >= 0.6 is 0 Å². The molecule has 0 aliphatic heterocycles. The Kier molecular flexibility index (Phi) is 10.8. The Labute approximate surface area is 226 Å². The molecule has 2 rings (SSSR count). The molecule has 0 heterocycles. The minimum absolute atomic E-state index is 0.242. The first-order valence-corrected chi connectivity index (χ1v) is 14.1. The quantitative estimate of drug-likeness (QED) is 0.268. The molecule has 205 valence electrons. The first kappa shape index (κ1) is 30.9. The van der Waals surface area contributed by atoms with Crippen LogP contribution in [-0.4, -0.2) is 17.6 Å². The molecule has 0 spiro atoms. The average Bonchev–Trinajstić information content (AvgIpc) is 2.81. The maximum absolute atomic E-state index is 12.0. The predicted molar refractivity (Wildman–Crippen MR) is 156 cm³/mol. The number of benzene rings is 2. The van der Waals surface area contributed by atoms with Crippen molar-refractivity contribution in [3.63, 3.8) is 0 Å². The molecule has 0 aliphatic carbocycles. The highest BCUT2D eigenvalue weighted by molar-refractivity contribution is 5.58. The third-order valence-electron chi connectivity index (χ3n) is 7.01. The Morgan fingerprint density at radius 2 is 0.784 bits per heavy atom. The minimum atomic E-state index is -0.727. The summed E-state index contributed by atoms with van der Waals surface area (Å²) in [4.78, 5) is 25.1. The lowest BCUT2D eigenvalue weighted by molar-refractivity contribution is -0.267. The molecule has 0 fully saturated rings. The molecule has 37 heavy (non-hydrogen) atoms. The van der Waals surface area contributed by atoms with Gasteiger partial charge < -0.3 is 9.68 Å². The normalized spacial score (nSPS) is 13.1. The van der Waals surface area contributed by atoms with E-state index >= 15 is 0 Å². The van der Waals surface area contributed by atoms with E-state index in [1.807, 2.05) is 0 Å². The Morgan fingerprint density at radius 1 is 0.514 bits per heavy atom. The number of carbonyl (C=O) groups excluding carboxylic acids is 1. The van der Waals surface area contributed by atoms with Gasteiger partial charge in [-0.3, -0.25) is 4.79 Å². The molecule has 1 atom stereocenters. The molecular formula is C33H50NO3. The first-order valence-electron chi connectivity index (χ1n) is 14.1. The lowest BCUT2D eigenvalue weighted by Crippen LogP contribution is -2.41. The molecule has 0 aromatic heterocycles. The summed E-state index contributed by atoms with van der Waals surface area (Å²) in [6, 6.07) is 8.22. The number of rotatable bonds is 12. The first-order chi connectivity index (χ1) is 17.2. The van der Waals surface area contributed by atoms with Gasteiger partial charge in [-0.15, -0.1) is 0 Å². The molecule has 1 unspecified atom stereocenters. The van der Waals surface area contributed by atoms with Crippen LogP contribution in [0.25, 0.3) is 0 Å². The summed E-state index contributed by atoms with van der Waals surface area (Å²) in [6.45, 7) is 28.0. The molecule has 2 aromatic rings. The minimum Gasteiger partial charge on any atom is -0.370 e. The Balaban J connectivity index is 2.73. The molecule has 4 nitrogen and oxygen atoms in total. The highest BCUT2D eigenvalue weighted by atomic mass is 17.0. The fourth-order valence-electron chi connectivity index (χ4n) is 4.39. The van der Waals surface area contributed by atoms with Crippen LogP contribution in [-0.2, 0) is 4.79 Å². The van der Waals surface area contributed by atoms with Crippen LogP contribution < -0.4 is 9.68 Å². The van der Waals surface area contributed by atoms with Crippen LogP contribution in [0.3, 0.4) is 0 Å². The van der Waals surface area contributed by atoms with E-state index in [9.17, 15) is 4.79 Å². The lowest BCUT2D eigenvalue weighted by atomic mass is 9.88. The summed E-state index contributed by atoms with van der Waals surface area (Å²) < 4.78 is 0. The van der Waals surface area contributed by atoms with E-state index < -0.39 is 6.04 Å². The van der Waals surface area contributed by atoms with E-state index in [0.717, 1.165) is 33.8 Å². The summed E-state index contributed by atoms with van der Waals surface area (Å²) in [5.74, 6) is 3.32. The van der Waals surface area contributed by atoms with Crippen LogP contribution in [0.5, 0.6) is 11.5 Å². The van der Waals surface area contributed by atoms with Gasteiger partial charge in [-0.2, -0.15) is 0 Å². The van der Waals surface area contributed by atoms with Crippen molar-refractivity contribution in [1.29, 1.82) is 0 Å². The largest absolute Gasteiger partial charge is 0.370 e. The van der Waals surface area contributed by atoms with Crippen molar-refractivity contribution in [3.05, 3.63) is 57.6 Å². The molecule has 0 N–H and O–H groups in total. The second-order valence-electron chi connectivity index (χ2n) is 12.2. The predicted octanol–water partition coefficient (Wildman–Crippen LogP) is 9.51. The van der Waals surface area contributed by atoms with E-state index in [0.29, 0.717) is 11.8 Å². The van der Waals surface area contributed by atoms with E-state index in [1.54, 1.807) is 6.92 Å². The third-order valence-corrected chi connectivity index (χ3v) is 7.01. The van der Waals surface area contributed by atoms with Gasteiger partial charge in [0.15, 0.2) is 11.5 Å². The maximum Gasteiger partial charge on any atom is 0.224 e. The van der Waals surface area contributed by atoms with E-state index in [-0.39, 0.29) is 23.7 Å². The fraction of sp³-hybridized carbons (Fsp3) is 0.606. The van der Waals surface area contributed by atoms with Gasteiger partial charge in [-0.1, -0.05) is 107 Å². The van der Waals surface area contributed by atoms with Crippen molar-refractivity contribution in [2.45, 2.75) is 132 Å². The number of hydroxylamine groups is 2. The lowest BCUT2D eigenvalue weighted by Gasteiger charge is -2.31. The molecule has 0 saturated carbocycles. The van der Waals surface area contributed by atoms with Crippen molar-refractivity contribution >= 4 is 6.29 Å². The zero-order valence-electron chi connectivity index (χ0n) is 25.5. The van der Waals surface area contributed by atoms with Crippen LogP contribution in [0.4, 0.5) is 0 Å². The summed E-state index contributed by atoms with van der Waals surface area (Å²) in [6.07, 6.45) is 2.09. The average molecular weight is 509 g/mol. The number of hydrogen-bond donors (Lipinski definition) is 0. The third kappa shape index (κ3) is 7.37. The number of hydrogen-bond acceptors (Lipinski definition) is 4. The zero-order chi connectivity index (χ0) is 28.2. The van der Waals surface area contributed by atoms with Gasteiger partial charge in [0.2, 0.25) is 6.29 Å². The van der Waals surface area contributed by atoms with Gasteiger partial charge in [0.1, 0.15) is 6.04 Å². The second kappa shape index (κ2) is 13.0. The molecule has 0 bridgehead atoms. The van der Waals surface area contributed by atoms with Crippen LogP contribution in [0.15, 0.2) is 24.3 Å². The number of nitrogens with zero attached hydrogens (tertiary/aromatic N) is 1. The van der Waals surface area contributed by atoms with Crippen LogP contribution in [0.1, 0.15) is 159 Å². The molecule has 2 aromatic carbocycles. The molecule has 0 aliphatic rings. The van der Waals surface area contributed by atoms with Gasteiger partial charge >= 0.3 is 0 Å². The van der Waals surface area contributed by atoms with Crippen molar-refractivity contribution in [1.82, 2.24) is 5.23 Å². The second-order valence-corrected chi connectivity index (χ2v) is 12.2. The highest BCUT2D eigenvalue weighted by Gasteiger charge is 2.28. The maximum atomic E-state index is 12.0. The summed E-state index contributed by atoms with van der Waals surface area (Å²) in [7, 11) is 0. The van der Waals surface area contributed by atoms with Crippen molar-refractivity contribution in [2.75, 3.05) is 0 Å². The molecule has 4 heteroatoms. The summed E-state index contributed by atoms with van der Waals surface area (Å²) in [5.41, 5.74) is 7.04. The van der Waals surface area contributed by atoms with E-state index in [2.05, 4.69) is 114 Å². The SMILES string of the molecule is CC(C)c1cc(C(C)C)c(ON(Oc2c(C(C)C)cc(C(C)C)cc2C(C)C)C(C)[C]=O)c(C(C)C)c1.